The first-order valence-electron chi connectivity index (χ1n) is 8.37. The molecule has 6 heteroatoms. The zero-order chi connectivity index (χ0) is 19.1. The molecule has 0 saturated heterocycles. The minimum Gasteiger partial charge on any atom is -0.489 e. The summed E-state index contributed by atoms with van der Waals surface area (Å²) in [6.07, 6.45) is 1.46. The highest BCUT2D eigenvalue weighted by molar-refractivity contribution is 5.93. The van der Waals surface area contributed by atoms with E-state index in [9.17, 15) is 9.59 Å². The van der Waals surface area contributed by atoms with Crippen molar-refractivity contribution in [1.29, 1.82) is 0 Å². The number of methoxy groups -OCH3 is 1. The fourth-order valence-electron chi connectivity index (χ4n) is 2.47. The Kier molecular flexibility index (Phi) is 5.89. The summed E-state index contributed by atoms with van der Waals surface area (Å²) in [7, 11) is 1.33. The molecule has 3 rings (SSSR count). The van der Waals surface area contributed by atoms with Gasteiger partial charge in [0.2, 0.25) is 0 Å². The van der Waals surface area contributed by atoms with Crippen molar-refractivity contribution in [3.8, 4) is 5.75 Å². The van der Waals surface area contributed by atoms with Crippen molar-refractivity contribution in [2.45, 2.75) is 13.2 Å². The lowest BCUT2D eigenvalue weighted by Gasteiger charge is -2.08. The monoisotopic (exact) mass is 365 g/mol. The SMILES string of the molecule is COC(=O)c1ccc(CNC(=O)c2occc2COc2ccccc2)cc1. The molecule has 2 aromatic carbocycles. The van der Waals surface area contributed by atoms with Gasteiger partial charge in [-0.3, -0.25) is 4.79 Å². The molecule has 3 aromatic rings. The van der Waals surface area contributed by atoms with Crippen LogP contribution in [-0.2, 0) is 17.9 Å². The zero-order valence-corrected chi connectivity index (χ0v) is 14.8. The molecule has 0 radical (unpaired) electrons. The molecular formula is C21H19NO5. The van der Waals surface area contributed by atoms with Crippen molar-refractivity contribution in [1.82, 2.24) is 5.32 Å². The van der Waals surface area contributed by atoms with Gasteiger partial charge >= 0.3 is 5.97 Å². The van der Waals surface area contributed by atoms with Gasteiger partial charge < -0.3 is 19.2 Å². The number of ether oxygens (including phenoxy) is 2. The molecule has 6 nitrogen and oxygen atoms in total. The third-order valence-electron chi connectivity index (χ3n) is 3.92. The van der Waals surface area contributed by atoms with E-state index in [4.69, 9.17) is 9.15 Å². The van der Waals surface area contributed by atoms with E-state index in [1.54, 1.807) is 30.3 Å². The van der Waals surface area contributed by atoms with Crippen molar-refractivity contribution in [2.24, 2.45) is 0 Å². The molecule has 0 unspecified atom stereocenters. The predicted octanol–water partition coefficient (Wildman–Crippen LogP) is 3.58. The summed E-state index contributed by atoms with van der Waals surface area (Å²) in [5.41, 5.74) is 1.97. The van der Waals surface area contributed by atoms with Crippen molar-refractivity contribution < 1.29 is 23.5 Å². The minimum absolute atomic E-state index is 0.220. The molecule has 0 spiro atoms. The number of hydrogen-bond donors (Lipinski definition) is 1. The Morgan fingerprint density at radius 2 is 1.74 bits per heavy atom. The van der Waals surface area contributed by atoms with Crippen LogP contribution in [0.3, 0.4) is 0 Å². The Morgan fingerprint density at radius 1 is 1.00 bits per heavy atom. The second kappa shape index (κ2) is 8.71. The first-order valence-corrected chi connectivity index (χ1v) is 8.37. The highest BCUT2D eigenvalue weighted by Crippen LogP contribution is 2.16. The van der Waals surface area contributed by atoms with Gasteiger partial charge in [0.15, 0.2) is 5.76 Å². The fraction of sp³-hybridized carbons (Fsp3) is 0.143. The van der Waals surface area contributed by atoms with Gasteiger partial charge in [-0.1, -0.05) is 30.3 Å². The Balaban J connectivity index is 1.57. The van der Waals surface area contributed by atoms with Crippen LogP contribution >= 0.6 is 0 Å². The third-order valence-corrected chi connectivity index (χ3v) is 3.92. The van der Waals surface area contributed by atoms with Crippen molar-refractivity contribution in [2.75, 3.05) is 7.11 Å². The van der Waals surface area contributed by atoms with E-state index in [0.29, 0.717) is 17.7 Å². The zero-order valence-electron chi connectivity index (χ0n) is 14.8. The lowest BCUT2D eigenvalue weighted by molar-refractivity contribution is 0.0600. The number of hydrogen-bond acceptors (Lipinski definition) is 5. The van der Waals surface area contributed by atoms with E-state index in [1.807, 2.05) is 30.3 Å². The molecule has 0 aliphatic rings. The van der Waals surface area contributed by atoms with Gasteiger partial charge in [-0.2, -0.15) is 0 Å². The van der Waals surface area contributed by atoms with Gasteiger partial charge in [0, 0.05) is 12.1 Å². The molecule has 1 N–H and O–H groups in total. The lowest BCUT2D eigenvalue weighted by Crippen LogP contribution is -2.23. The number of amides is 1. The number of carbonyl (C=O) groups excluding carboxylic acids is 2. The second-order valence-electron chi connectivity index (χ2n) is 5.75. The van der Waals surface area contributed by atoms with Crippen LogP contribution in [0.15, 0.2) is 71.3 Å². The van der Waals surface area contributed by atoms with Crippen LogP contribution in [0.5, 0.6) is 5.75 Å². The summed E-state index contributed by atoms with van der Waals surface area (Å²) in [4.78, 5) is 23.8. The molecule has 1 aromatic heterocycles. The van der Waals surface area contributed by atoms with E-state index >= 15 is 0 Å². The second-order valence-corrected chi connectivity index (χ2v) is 5.75. The summed E-state index contributed by atoms with van der Waals surface area (Å²) < 4.78 is 15.6. The smallest absolute Gasteiger partial charge is 0.337 e. The van der Waals surface area contributed by atoms with Crippen LogP contribution in [-0.4, -0.2) is 19.0 Å². The largest absolute Gasteiger partial charge is 0.489 e. The summed E-state index contributed by atoms with van der Waals surface area (Å²) in [5, 5.41) is 2.80. The third kappa shape index (κ3) is 4.76. The van der Waals surface area contributed by atoms with Gasteiger partial charge in [-0.15, -0.1) is 0 Å². The van der Waals surface area contributed by atoms with Gasteiger partial charge in [0.25, 0.3) is 5.91 Å². The van der Waals surface area contributed by atoms with Gasteiger partial charge in [0.1, 0.15) is 12.4 Å². The lowest BCUT2D eigenvalue weighted by atomic mass is 10.1. The Bertz CT molecular complexity index is 900. The maximum absolute atomic E-state index is 12.4. The van der Waals surface area contributed by atoms with Crippen molar-refractivity contribution >= 4 is 11.9 Å². The highest BCUT2D eigenvalue weighted by Gasteiger charge is 2.16. The van der Waals surface area contributed by atoms with Crippen molar-refractivity contribution in [3.05, 3.63) is 89.4 Å². The van der Waals surface area contributed by atoms with Gasteiger partial charge in [0.05, 0.1) is 18.9 Å². The molecule has 138 valence electrons. The average molecular weight is 365 g/mol. The number of furan rings is 1. The summed E-state index contributed by atoms with van der Waals surface area (Å²) in [6.45, 7) is 0.539. The number of rotatable bonds is 7. The standard InChI is InChI=1S/C21H19NO5/c1-25-21(24)16-9-7-15(8-10-16)13-22-20(23)19-17(11-12-26-19)14-27-18-5-3-2-4-6-18/h2-12H,13-14H2,1H3,(H,22,23). The maximum Gasteiger partial charge on any atom is 0.337 e. The number of esters is 1. The van der Waals surface area contributed by atoms with E-state index < -0.39 is 5.97 Å². The summed E-state index contributed by atoms with van der Waals surface area (Å²) >= 11 is 0. The number of benzene rings is 2. The highest BCUT2D eigenvalue weighted by atomic mass is 16.5. The van der Waals surface area contributed by atoms with E-state index in [-0.39, 0.29) is 18.3 Å². The van der Waals surface area contributed by atoms with Crippen LogP contribution in [0.4, 0.5) is 0 Å². The van der Waals surface area contributed by atoms with Gasteiger partial charge in [-0.05, 0) is 35.9 Å². The van der Waals surface area contributed by atoms with Crippen LogP contribution in [0.2, 0.25) is 0 Å². The quantitative estimate of drug-likeness (QED) is 0.648. The predicted molar refractivity (Wildman–Crippen MR) is 98.4 cm³/mol. The topological polar surface area (TPSA) is 77.8 Å². The normalized spacial score (nSPS) is 10.3. The van der Waals surface area contributed by atoms with E-state index in [2.05, 4.69) is 10.1 Å². The molecule has 1 amide bonds. The van der Waals surface area contributed by atoms with Crippen molar-refractivity contribution in [3.63, 3.8) is 0 Å². The number of nitrogens with one attached hydrogen (secondary N) is 1. The Labute approximate surface area is 156 Å². The van der Waals surface area contributed by atoms with E-state index in [1.165, 1.54) is 13.4 Å². The minimum atomic E-state index is -0.399. The summed E-state index contributed by atoms with van der Waals surface area (Å²) in [5.74, 6) is 0.209. The van der Waals surface area contributed by atoms with Crippen LogP contribution in [0, 0.1) is 0 Å². The molecule has 0 aliphatic carbocycles. The Hall–Kier alpha value is -3.54. The Morgan fingerprint density at radius 3 is 2.44 bits per heavy atom. The van der Waals surface area contributed by atoms with E-state index in [0.717, 1.165) is 11.3 Å². The molecule has 0 aliphatic heterocycles. The number of para-hydroxylation sites is 1. The average Bonchev–Trinajstić information content (AvgIpc) is 3.20. The number of carbonyl (C=O) groups is 2. The molecule has 27 heavy (non-hydrogen) atoms. The molecule has 0 atom stereocenters. The molecule has 1 heterocycles. The summed E-state index contributed by atoms with van der Waals surface area (Å²) in [6, 6.07) is 17.9. The first kappa shape index (κ1) is 18.3. The maximum atomic E-state index is 12.4. The fourth-order valence-corrected chi connectivity index (χ4v) is 2.47. The van der Waals surface area contributed by atoms with Gasteiger partial charge in [-0.25, -0.2) is 4.79 Å². The molecular weight excluding hydrogens is 346 g/mol. The molecule has 0 saturated carbocycles. The van der Waals surface area contributed by atoms with Crippen LogP contribution < -0.4 is 10.1 Å². The molecule has 0 bridgehead atoms. The molecule has 0 fully saturated rings. The van der Waals surface area contributed by atoms with Crippen LogP contribution in [0.1, 0.15) is 32.0 Å². The van der Waals surface area contributed by atoms with Crippen LogP contribution in [0.25, 0.3) is 0 Å². The first-order chi connectivity index (χ1) is 13.2.